The van der Waals surface area contributed by atoms with E-state index in [1.807, 2.05) is 13.0 Å². The monoisotopic (exact) mass is 270 g/mol. The lowest BCUT2D eigenvalue weighted by Crippen LogP contribution is -2.13. The van der Waals surface area contributed by atoms with E-state index >= 15 is 0 Å². The lowest BCUT2D eigenvalue weighted by atomic mass is 9.85. The zero-order chi connectivity index (χ0) is 11.8. The first kappa shape index (κ1) is 12.2. The number of hydrogen-bond acceptors (Lipinski definition) is 1. The van der Waals surface area contributed by atoms with Gasteiger partial charge in [-0.3, -0.25) is 0 Å². The summed E-state index contributed by atoms with van der Waals surface area (Å²) in [6.07, 6.45) is 0. The standard InChI is InChI=1S/C12H15BrO2/c1-7-5-8(12(2,3)4)6-9(10(7)13)11(14)15/h5-6H,1-4H3,(H,14,15). The predicted molar refractivity (Wildman–Crippen MR) is 64.5 cm³/mol. The van der Waals surface area contributed by atoms with Crippen LogP contribution in [0.3, 0.4) is 0 Å². The molecule has 2 nitrogen and oxygen atoms in total. The van der Waals surface area contributed by atoms with E-state index < -0.39 is 5.97 Å². The van der Waals surface area contributed by atoms with Crippen molar-refractivity contribution < 1.29 is 9.90 Å². The van der Waals surface area contributed by atoms with Crippen molar-refractivity contribution in [2.45, 2.75) is 33.1 Å². The quantitative estimate of drug-likeness (QED) is 0.844. The Morgan fingerprint density at radius 1 is 1.33 bits per heavy atom. The highest BCUT2D eigenvalue weighted by Crippen LogP contribution is 2.29. The minimum absolute atomic E-state index is 0.0321. The highest BCUT2D eigenvalue weighted by Gasteiger charge is 2.19. The van der Waals surface area contributed by atoms with E-state index in [2.05, 4.69) is 36.7 Å². The highest BCUT2D eigenvalue weighted by atomic mass is 79.9. The molecule has 3 heteroatoms. The number of carboxylic acid groups (broad SMARTS) is 1. The normalized spacial score (nSPS) is 11.5. The minimum Gasteiger partial charge on any atom is -0.478 e. The fourth-order valence-electron chi connectivity index (χ4n) is 1.36. The Labute approximate surface area is 98.4 Å². The Kier molecular flexibility index (Phi) is 3.24. The number of rotatable bonds is 1. The molecule has 0 spiro atoms. The van der Waals surface area contributed by atoms with Gasteiger partial charge in [0.25, 0.3) is 0 Å². The fraction of sp³-hybridized carbons (Fsp3) is 0.417. The first-order valence-electron chi connectivity index (χ1n) is 4.77. The summed E-state index contributed by atoms with van der Waals surface area (Å²) < 4.78 is 0.669. The molecule has 0 heterocycles. The van der Waals surface area contributed by atoms with Crippen molar-refractivity contribution in [3.05, 3.63) is 33.3 Å². The zero-order valence-electron chi connectivity index (χ0n) is 9.39. The third-order valence-electron chi connectivity index (χ3n) is 2.35. The molecule has 0 aliphatic rings. The first-order valence-corrected chi connectivity index (χ1v) is 5.56. The minimum atomic E-state index is -0.893. The van der Waals surface area contributed by atoms with Crippen LogP contribution in [0.1, 0.15) is 42.3 Å². The molecular weight excluding hydrogens is 256 g/mol. The van der Waals surface area contributed by atoms with Crippen LogP contribution in [0.4, 0.5) is 0 Å². The average Bonchev–Trinajstić information content (AvgIpc) is 2.06. The average molecular weight is 271 g/mol. The van der Waals surface area contributed by atoms with Gasteiger partial charge in [0.2, 0.25) is 0 Å². The Hall–Kier alpha value is -0.830. The third kappa shape index (κ3) is 2.59. The second kappa shape index (κ2) is 3.97. The molecule has 1 N–H and O–H groups in total. The van der Waals surface area contributed by atoms with Crippen LogP contribution in [0.5, 0.6) is 0 Å². The second-order valence-corrected chi connectivity index (χ2v) is 5.50. The van der Waals surface area contributed by atoms with Gasteiger partial charge in [0.05, 0.1) is 5.56 Å². The van der Waals surface area contributed by atoms with E-state index in [4.69, 9.17) is 5.11 Å². The maximum absolute atomic E-state index is 11.0. The van der Waals surface area contributed by atoms with Crippen LogP contribution >= 0.6 is 15.9 Å². The Balaban J connectivity index is 3.43. The number of hydrogen-bond donors (Lipinski definition) is 1. The van der Waals surface area contributed by atoms with Crippen molar-refractivity contribution in [1.29, 1.82) is 0 Å². The van der Waals surface area contributed by atoms with E-state index in [0.29, 0.717) is 10.0 Å². The van der Waals surface area contributed by atoms with Crippen LogP contribution in [0, 0.1) is 6.92 Å². The first-order chi connectivity index (χ1) is 6.73. The van der Waals surface area contributed by atoms with E-state index in [9.17, 15) is 4.79 Å². The van der Waals surface area contributed by atoms with E-state index in [1.54, 1.807) is 6.07 Å². The molecule has 15 heavy (non-hydrogen) atoms. The summed E-state index contributed by atoms with van der Waals surface area (Å²) in [5.74, 6) is -0.893. The van der Waals surface area contributed by atoms with Gasteiger partial charge in [-0.25, -0.2) is 4.79 Å². The summed E-state index contributed by atoms with van der Waals surface area (Å²) in [7, 11) is 0. The van der Waals surface area contributed by atoms with Gasteiger partial charge in [-0.1, -0.05) is 26.8 Å². The lowest BCUT2D eigenvalue weighted by molar-refractivity contribution is 0.0695. The molecule has 0 aliphatic carbocycles. The van der Waals surface area contributed by atoms with Crippen LogP contribution in [-0.2, 0) is 5.41 Å². The van der Waals surface area contributed by atoms with E-state index in [0.717, 1.165) is 11.1 Å². The van der Waals surface area contributed by atoms with Crippen molar-refractivity contribution >= 4 is 21.9 Å². The van der Waals surface area contributed by atoms with Gasteiger partial charge < -0.3 is 5.11 Å². The van der Waals surface area contributed by atoms with Gasteiger partial charge in [0, 0.05) is 4.47 Å². The molecule has 0 radical (unpaired) electrons. The maximum Gasteiger partial charge on any atom is 0.336 e. The summed E-state index contributed by atoms with van der Waals surface area (Å²) in [5.41, 5.74) is 2.30. The largest absolute Gasteiger partial charge is 0.478 e. The summed E-state index contributed by atoms with van der Waals surface area (Å²) in [6.45, 7) is 8.12. The van der Waals surface area contributed by atoms with Crippen molar-refractivity contribution in [3.63, 3.8) is 0 Å². The van der Waals surface area contributed by atoms with Crippen LogP contribution in [0.2, 0.25) is 0 Å². The molecule has 1 aromatic carbocycles. The van der Waals surface area contributed by atoms with Crippen LogP contribution in [-0.4, -0.2) is 11.1 Å². The van der Waals surface area contributed by atoms with Crippen LogP contribution < -0.4 is 0 Å². The maximum atomic E-state index is 11.0. The zero-order valence-corrected chi connectivity index (χ0v) is 11.0. The molecule has 0 aliphatic heterocycles. The highest BCUT2D eigenvalue weighted by molar-refractivity contribution is 9.10. The SMILES string of the molecule is Cc1cc(C(C)(C)C)cc(C(=O)O)c1Br. The number of aryl methyl sites for hydroxylation is 1. The van der Waals surface area contributed by atoms with Crippen LogP contribution in [0.15, 0.2) is 16.6 Å². The third-order valence-corrected chi connectivity index (χ3v) is 3.40. The Bertz CT molecular complexity index is 403. The number of aromatic carboxylic acids is 1. The molecule has 1 aromatic rings. The molecule has 0 atom stereocenters. The van der Waals surface area contributed by atoms with E-state index in [-0.39, 0.29) is 5.41 Å². The van der Waals surface area contributed by atoms with Crippen molar-refractivity contribution in [1.82, 2.24) is 0 Å². The number of carboxylic acids is 1. The van der Waals surface area contributed by atoms with E-state index in [1.165, 1.54) is 0 Å². The van der Waals surface area contributed by atoms with Crippen molar-refractivity contribution in [2.24, 2.45) is 0 Å². The molecule has 1 rings (SSSR count). The Morgan fingerprint density at radius 2 is 1.87 bits per heavy atom. The molecule has 0 bridgehead atoms. The van der Waals surface area contributed by atoms with Gasteiger partial charge >= 0.3 is 5.97 Å². The lowest BCUT2D eigenvalue weighted by Gasteiger charge is -2.21. The summed E-state index contributed by atoms with van der Waals surface area (Å²) in [6, 6.07) is 3.76. The van der Waals surface area contributed by atoms with Gasteiger partial charge in [0.1, 0.15) is 0 Å². The number of carbonyl (C=O) groups is 1. The van der Waals surface area contributed by atoms with Crippen molar-refractivity contribution in [2.75, 3.05) is 0 Å². The fourth-order valence-corrected chi connectivity index (χ4v) is 1.76. The topological polar surface area (TPSA) is 37.3 Å². The summed E-state index contributed by atoms with van der Waals surface area (Å²) in [4.78, 5) is 11.0. The second-order valence-electron chi connectivity index (χ2n) is 4.71. The molecule has 0 fully saturated rings. The molecule has 0 amide bonds. The van der Waals surface area contributed by atoms with Gasteiger partial charge in [0.15, 0.2) is 0 Å². The smallest absolute Gasteiger partial charge is 0.336 e. The van der Waals surface area contributed by atoms with Gasteiger partial charge in [-0.05, 0) is 45.5 Å². The number of halogens is 1. The van der Waals surface area contributed by atoms with Gasteiger partial charge in [-0.2, -0.15) is 0 Å². The summed E-state index contributed by atoms with van der Waals surface area (Å²) in [5, 5.41) is 9.05. The molecule has 0 aromatic heterocycles. The number of benzene rings is 1. The molecule has 82 valence electrons. The van der Waals surface area contributed by atoms with Gasteiger partial charge in [-0.15, -0.1) is 0 Å². The van der Waals surface area contributed by atoms with Crippen LogP contribution in [0.25, 0.3) is 0 Å². The Morgan fingerprint density at radius 3 is 2.27 bits per heavy atom. The predicted octanol–water partition coefficient (Wildman–Crippen LogP) is 3.75. The molecule has 0 saturated carbocycles. The molecular formula is C12H15BrO2. The van der Waals surface area contributed by atoms with Crippen molar-refractivity contribution in [3.8, 4) is 0 Å². The molecule has 0 saturated heterocycles. The summed E-state index contributed by atoms with van der Waals surface area (Å²) >= 11 is 3.30. The molecule has 0 unspecified atom stereocenters.